The molecule has 1 heterocycles. The molecule has 2 aromatic rings. The zero-order valence-electron chi connectivity index (χ0n) is 14.4. The lowest BCUT2D eigenvalue weighted by Crippen LogP contribution is -2.35. The van der Waals surface area contributed by atoms with Gasteiger partial charge in [-0.15, -0.1) is 0 Å². The number of aryl methyl sites for hydroxylation is 1. The van der Waals surface area contributed by atoms with E-state index in [1.54, 1.807) is 24.3 Å². The van der Waals surface area contributed by atoms with E-state index in [-0.39, 0.29) is 18.9 Å². The third kappa shape index (κ3) is 4.19. The second-order valence-corrected chi connectivity index (χ2v) is 9.02. The summed E-state index contributed by atoms with van der Waals surface area (Å²) >= 11 is 3.35. The van der Waals surface area contributed by atoms with Gasteiger partial charge in [0.05, 0.1) is 11.9 Å². The summed E-state index contributed by atoms with van der Waals surface area (Å²) in [5.74, 6) is 0.0729. The fraction of sp³-hybridized carbons (Fsp3) is 0.278. The summed E-state index contributed by atoms with van der Waals surface area (Å²) in [6.45, 7) is 2.05. The van der Waals surface area contributed by atoms with Gasteiger partial charge in [-0.2, -0.15) is 0 Å². The first-order chi connectivity index (χ1) is 12.2. The summed E-state index contributed by atoms with van der Waals surface area (Å²) < 4.78 is 32.4. The molecule has 3 rings (SSSR count). The van der Waals surface area contributed by atoms with Gasteiger partial charge in [-0.05, 0) is 48.9 Å². The molecule has 138 valence electrons. The molecule has 0 saturated heterocycles. The van der Waals surface area contributed by atoms with E-state index in [0.717, 1.165) is 16.3 Å². The first-order valence-electron chi connectivity index (χ1n) is 8.05. The highest BCUT2D eigenvalue weighted by molar-refractivity contribution is 9.10. The Kier molecular flexibility index (Phi) is 5.24. The molecule has 8 heteroatoms. The zero-order valence-corrected chi connectivity index (χ0v) is 16.8. The van der Waals surface area contributed by atoms with Crippen LogP contribution < -0.4 is 14.4 Å². The molecule has 0 radical (unpaired) electrons. The van der Waals surface area contributed by atoms with Crippen molar-refractivity contribution in [1.29, 1.82) is 0 Å². The number of benzene rings is 2. The molecule has 0 fully saturated rings. The number of hydrogen-bond donors (Lipinski definition) is 1. The maximum absolute atomic E-state index is 12.6. The second kappa shape index (κ2) is 7.28. The average molecular weight is 439 g/mol. The first kappa shape index (κ1) is 18.7. The van der Waals surface area contributed by atoms with Crippen LogP contribution in [0.1, 0.15) is 12.0 Å². The Balaban J connectivity index is 1.86. The van der Waals surface area contributed by atoms with Crippen LogP contribution in [0.4, 0.5) is 11.4 Å². The predicted molar refractivity (Wildman–Crippen MR) is 105 cm³/mol. The highest BCUT2D eigenvalue weighted by atomic mass is 79.9. The van der Waals surface area contributed by atoms with E-state index in [1.807, 2.05) is 25.1 Å². The monoisotopic (exact) mass is 438 g/mol. The van der Waals surface area contributed by atoms with Gasteiger partial charge < -0.3 is 10.1 Å². The van der Waals surface area contributed by atoms with Crippen molar-refractivity contribution in [1.82, 2.24) is 0 Å². The minimum absolute atomic E-state index is 0.174. The van der Waals surface area contributed by atoms with Crippen LogP contribution in [-0.4, -0.2) is 33.2 Å². The summed E-state index contributed by atoms with van der Waals surface area (Å²) in [5.41, 5.74) is 2.03. The van der Waals surface area contributed by atoms with E-state index in [4.69, 9.17) is 4.74 Å². The van der Waals surface area contributed by atoms with Crippen molar-refractivity contribution in [3.63, 3.8) is 0 Å². The first-order valence-corrected chi connectivity index (χ1v) is 10.7. The normalized spacial score (nSPS) is 17.0. The number of fused-ring (bicyclic) bond motifs is 1. The van der Waals surface area contributed by atoms with E-state index in [1.165, 1.54) is 4.31 Å². The van der Waals surface area contributed by atoms with Crippen molar-refractivity contribution < 1.29 is 17.9 Å². The molecular formula is C18H19BrN2O4S. The fourth-order valence-electron chi connectivity index (χ4n) is 2.77. The van der Waals surface area contributed by atoms with Crippen molar-refractivity contribution in [3.05, 3.63) is 52.5 Å². The van der Waals surface area contributed by atoms with Gasteiger partial charge in [0.1, 0.15) is 5.75 Å². The van der Waals surface area contributed by atoms with Gasteiger partial charge in [0.15, 0.2) is 6.10 Å². The second-order valence-electron chi connectivity index (χ2n) is 6.20. The van der Waals surface area contributed by atoms with Crippen LogP contribution in [-0.2, 0) is 14.8 Å². The lowest BCUT2D eigenvalue weighted by molar-refractivity contribution is -0.122. The highest BCUT2D eigenvalue weighted by Gasteiger charge is 2.31. The Hall–Kier alpha value is -2.06. The molecule has 1 atom stereocenters. The lowest BCUT2D eigenvalue weighted by Gasteiger charge is -2.21. The topological polar surface area (TPSA) is 75.7 Å². The molecule has 1 aliphatic heterocycles. The van der Waals surface area contributed by atoms with Crippen molar-refractivity contribution >= 4 is 43.2 Å². The molecule has 0 aliphatic carbocycles. The van der Waals surface area contributed by atoms with Gasteiger partial charge in [0.25, 0.3) is 5.91 Å². The Labute approximate surface area is 161 Å². The molecule has 0 spiro atoms. The molecule has 0 saturated carbocycles. The number of amides is 1. The summed E-state index contributed by atoms with van der Waals surface area (Å²) in [4.78, 5) is 12.6. The van der Waals surface area contributed by atoms with Gasteiger partial charge in [0, 0.05) is 23.1 Å². The van der Waals surface area contributed by atoms with E-state index >= 15 is 0 Å². The Morgan fingerprint density at radius 1 is 1.23 bits per heavy atom. The number of nitrogens with zero attached hydrogens (tertiary/aromatic N) is 1. The van der Waals surface area contributed by atoms with Gasteiger partial charge in [-0.25, -0.2) is 8.42 Å². The Morgan fingerprint density at radius 2 is 1.92 bits per heavy atom. The largest absolute Gasteiger partial charge is 0.478 e. The van der Waals surface area contributed by atoms with Gasteiger partial charge in [0.2, 0.25) is 10.0 Å². The number of carbonyl (C=O) groups is 1. The third-order valence-corrected chi connectivity index (χ3v) is 5.76. The number of ether oxygens (including phenoxy) is 1. The summed E-state index contributed by atoms with van der Waals surface area (Å²) in [7, 11) is -3.48. The van der Waals surface area contributed by atoms with Crippen LogP contribution in [0.15, 0.2) is 46.9 Å². The van der Waals surface area contributed by atoms with E-state index in [9.17, 15) is 13.2 Å². The standard InChI is InChI=1S/C18H19BrN2O4S/c1-12-3-8-16-15(11-12)21(26(2,23)24)10-9-17(25-16)18(22)20-14-6-4-13(19)5-7-14/h3-8,11,17H,9-10H2,1-2H3,(H,20,22). The molecule has 1 aliphatic rings. The van der Waals surface area contributed by atoms with Crippen LogP contribution in [0.5, 0.6) is 5.75 Å². The molecule has 1 amide bonds. The van der Waals surface area contributed by atoms with Crippen molar-refractivity contribution in [2.24, 2.45) is 0 Å². The quantitative estimate of drug-likeness (QED) is 0.797. The van der Waals surface area contributed by atoms with Crippen LogP contribution in [0.3, 0.4) is 0 Å². The molecule has 26 heavy (non-hydrogen) atoms. The van der Waals surface area contributed by atoms with Crippen LogP contribution in [0, 0.1) is 6.92 Å². The number of halogens is 1. The SMILES string of the molecule is Cc1ccc2c(c1)N(S(C)(=O)=O)CCC(C(=O)Nc1ccc(Br)cc1)O2. The van der Waals surface area contributed by atoms with Crippen molar-refractivity contribution in [3.8, 4) is 5.75 Å². The zero-order chi connectivity index (χ0) is 18.9. The molecule has 0 aromatic heterocycles. The predicted octanol–water partition coefficient (Wildman–Crippen LogP) is 3.31. The number of hydrogen-bond acceptors (Lipinski definition) is 4. The molecule has 1 N–H and O–H groups in total. The van der Waals surface area contributed by atoms with Crippen molar-refractivity contribution in [2.45, 2.75) is 19.4 Å². The Morgan fingerprint density at radius 3 is 2.58 bits per heavy atom. The van der Waals surface area contributed by atoms with Crippen LogP contribution >= 0.6 is 15.9 Å². The van der Waals surface area contributed by atoms with E-state index in [2.05, 4.69) is 21.2 Å². The van der Waals surface area contributed by atoms with Crippen molar-refractivity contribution in [2.75, 3.05) is 22.4 Å². The maximum Gasteiger partial charge on any atom is 0.265 e. The Bertz CT molecular complexity index is 929. The number of carbonyl (C=O) groups excluding carboxylic acids is 1. The van der Waals surface area contributed by atoms with Gasteiger partial charge in [-0.1, -0.05) is 22.0 Å². The van der Waals surface area contributed by atoms with Crippen LogP contribution in [0.2, 0.25) is 0 Å². The van der Waals surface area contributed by atoms with E-state index in [0.29, 0.717) is 17.1 Å². The molecule has 6 nitrogen and oxygen atoms in total. The third-order valence-electron chi connectivity index (χ3n) is 4.05. The fourth-order valence-corrected chi connectivity index (χ4v) is 3.98. The lowest BCUT2D eigenvalue weighted by atomic mass is 10.2. The summed E-state index contributed by atoms with van der Waals surface area (Å²) in [5, 5.41) is 2.81. The number of anilines is 2. The molecule has 1 unspecified atom stereocenters. The summed E-state index contributed by atoms with van der Waals surface area (Å²) in [6, 6.07) is 12.5. The average Bonchev–Trinajstić information content (AvgIpc) is 2.76. The minimum atomic E-state index is -3.48. The van der Waals surface area contributed by atoms with Crippen LogP contribution in [0.25, 0.3) is 0 Å². The van der Waals surface area contributed by atoms with E-state index < -0.39 is 16.1 Å². The smallest absolute Gasteiger partial charge is 0.265 e. The molecular weight excluding hydrogens is 420 g/mol. The van der Waals surface area contributed by atoms with Gasteiger partial charge in [-0.3, -0.25) is 9.10 Å². The highest BCUT2D eigenvalue weighted by Crippen LogP contribution is 2.35. The number of rotatable bonds is 3. The summed E-state index contributed by atoms with van der Waals surface area (Å²) in [6.07, 6.45) is 0.622. The number of nitrogens with one attached hydrogen (secondary N) is 1. The minimum Gasteiger partial charge on any atom is -0.478 e. The molecule has 2 aromatic carbocycles. The molecule has 0 bridgehead atoms. The van der Waals surface area contributed by atoms with Gasteiger partial charge >= 0.3 is 0 Å². The maximum atomic E-state index is 12.6. The number of sulfonamides is 1.